The Bertz CT molecular complexity index is 1360. The van der Waals surface area contributed by atoms with Crippen molar-refractivity contribution >= 4 is 45.8 Å². The van der Waals surface area contributed by atoms with Crippen LogP contribution in [-0.4, -0.2) is 71.2 Å². The molecule has 3 amide bonds. The number of esters is 1. The molecule has 4 rings (SSSR count). The van der Waals surface area contributed by atoms with Crippen molar-refractivity contribution in [2.75, 3.05) is 32.1 Å². The molecule has 1 aliphatic rings. The first-order valence-electron chi connectivity index (χ1n) is 13.6. The van der Waals surface area contributed by atoms with Crippen molar-refractivity contribution < 1.29 is 28.7 Å². The highest BCUT2D eigenvalue weighted by molar-refractivity contribution is 7.18. The Morgan fingerprint density at radius 1 is 1.12 bits per heavy atom. The number of quaternary nitrogens is 1. The molecule has 4 N–H and O–H groups in total. The molecule has 0 radical (unpaired) electrons. The molecule has 2 aromatic carbocycles. The summed E-state index contributed by atoms with van der Waals surface area (Å²) in [6, 6.07) is 15.9. The number of anilines is 1. The fourth-order valence-electron chi connectivity index (χ4n) is 5.44. The molecule has 1 aliphatic heterocycles. The third-order valence-electron chi connectivity index (χ3n) is 7.33. The number of nitrogens with two attached hydrogens (primary N) is 1. The largest absolute Gasteiger partial charge is 0.508 e. The molecule has 2 heterocycles. The molecule has 1 fully saturated rings. The van der Waals surface area contributed by atoms with E-state index in [0.717, 1.165) is 42.0 Å². The Balaban J connectivity index is 1.62. The minimum absolute atomic E-state index is 0.108. The van der Waals surface area contributed by atoms with Crippen LogP contribution in [0.1, 0.15) is 40.6 Å². The molecule has 1 saturated heterocycles. The number of nitrogens with one attached hydrogen (secondary N) is 1. The summed E-state index contributed by atoms with van der Waals surface area (Å²) in [4.78, 5) is 41.0. The quantitative estimate of drug-likeness (QED) is 0.223. The Morgan fingerprint density at radius 2 is 1.80 bits per heavy atom. The molecule has 3 aromatic rings. The van der Waals surface area contributed by atoms with E-state index in [2.05, 4.69) is 12.4 Å². The second-order valence-electron chi connectivity index (χ2n) is 10.6. The van der Waals surface area contributed by atoms with Gasteiger partial charge in [0, 0.05) is 17.0 Å². The minimum atomic E-state index is -0.934. The van der Waals surface area contributed by atoms with Gasteiger partial charge >= 0.3 is 12.0 Å². The molecule has 0 bridgehead atoms. The maximum Gasteiger partial charge on any atom is 0.348 e. The zero-order valence-corrected chi connectivity index (χ0v) is 24.8. The van der Waals surface area contributed by atoms with E-state index in [9.17, 15) is 19.5 Å². The summed E-state index contributed by atoms with van der Waals surface area (Å²) in [5.41, 5.74) is 7.85. The number of urea groups is 1. The van der Waals surface area contributed by atoms with Crippen LogP contribution in [0.3, 0.4) is 0 Å². The van der Waals surface area contributed by atoms with Crippen molar-refractivity contribution in [3.8, 4) is 5.75 Å². The van der Waals surface area contributed by atoms with Gasteiger partial charge in [-0.1, -0.05) is 35.9 Å². The average Bonchev–Trinajstić information content (AvgIpc) is 3.39. The van der Waals surface area contributed by atoms with Gasteiger partial charge in [0.25, 0.3) is 0 Å². The molecular weight excluding hydrogens is 564 g/mol. The van der Waals surface area contributed by atoms with Gasteiger partial charge in [-0.15, -0.1) is 11.3 Å². The summed E-state index contributed by atoms with van der Waals surface area (Å²) < 4.78 is 5.74. The smallest absolute Gasteiger partial charge is 0.348 e. The number of nitrogens with zero attached hydrogens (tertiary/aromatic N) is 2. The number of primary amides is 1. The highest BCUT2D eigenvalue weighted by atomic mass is 35.5. The van der Waals surface area contributed by atoms with E-state index in [-0.39, 0.29) is 24.8 Å². The summed E-state index contributed by atoms with van der Waals surface area (Å²) in [5, 5.41) is 13.8. The molecule has 218 valence electrons. The van der Waals surface area contributed by atoms with Crippen LogP contribution in [0.5, 0.6) is 5.75 Å². The number of thiophene rings is 1. The number of rotatable bonds is 10. The summed E-state index contributed by atoms with van der Waals surface area (Å²) in [7, 11) is 2.15. The van der Waals surface area contributed by atoms with Gasteiger partial charge in [-0.2, -0.15) is 0 Å². The normalized spacial score (nSPS) is 19.2. The number of carbonyl (C=O) groups excluding carboxylic acids is 3. The van der Waals surface area contributed by atoms with Crippen LogP contribution in [0, 0.1) is 0 Å². The van der Waals surface area contributed by atoms with Crippen LogP contribution >= 0.6 is 22.9 Å². The molecule has 9 nitrogen and oxygen atoms in total. The molecule has 0 aliphatic carbocycles. The van der Waals surface area contributed by atoms with Crippen molar-refractivity contribution in [2.24, 2.45) is 5.73 Å². The number of halogens is 1. The van der Waals surface area contributed by atoms with E-state index < -0.39 is 23.9 Å². The third kappa shape index (κ3) is 8.00. The summed E-state index contributed by atoms with van der Waals surface area (Å²) in [6.07, 6.45) is 1.76. The first kappa shape index (κ1) is 30.4. The highest BCUT2D eigenvalue weighted by Gasteiger charge is 2.41. The van der Waals surface area contributed by atoms with Crippen molar-refractivity contribution in [3.63, 3.8) is 0 Å². The van der Waals surface area contributed by atoms with Crippen LogP contribution in [-0.2, 0) is 22.5 Å². The third-order valence-corrected chi connectivity index (χ3v) is 8.57. The van der Waals surface area contributed by atoms with E-state index in [1.807, 2.05) is 24.3 Å². The zero-order chi connectivity index (χ0) is 29.6. The number of phenols is 1. The lowest BCUT2D eigenvalue weighted by Crippen LogP contribution is -2.62. The van der Waals surface area contributed by atoms with Crippen LogP contribution in [0.2, 0.25) is 5.02 Å². The summed E-state index contributed by atoms with van der Waals surface area (Å²) in [5.74, 6) is -0.972. The van der Waals surface area contributed by atoms with E-state index in [4.69, 9.17) is 22.1 Å². The number of hydrogen-bond donors (Lipinski definition) is 3. The van der Waals surface area contributed by atoms with E-state index in [1.165, 1.54) is 0 Å². The first-order chi connectivity index (χ1) is 19.6. The zero-order valence-electron chi connectivity index (χ0n) is 23.2. The predicted molar refractivity (Wildman–Crippen MR) is 160 cm³/mol. The average molecular weight is 600 g/mol. The van der Waals surface area contributed by atoms with Crippen LogP contribution < -0.4 is 11.1 Å². The van der Waals surface area contributed by atoms with Crippen LogP contribution in [0.15, 0.2) is 60.7 Å². The number of carbonyl (C=O) groups is 3. The van der Waals surface area contributed by atoms with E-state index >= 15 is 0 Å². The summed E-state index contributed by atoms with van der Waals surface area (Å²) >= 11 is 7.20. The van der Waals surface area contributed by atoms with Gasteiger partial charge in [0.2, 0.25) is 5.91 Å². The number of benzene rings is 2. The fourth-order valence-corrected chi connectivity index (χ4v) is 6.36. The van der Waals surface area contributed by atoms with Crippen LogP contribution in [0.25, 0.3) is 0 Å². The molecular formula is C30H36ClN4O5S+. The second-order valence-corrected chi connectivity index (χ2v) is 12.1. The standard InChI is InChI=1S/C30H35ClN4O5S/c1-3-40-29(38)26-14-15-27(41-26)33-30(39)34(25(28(32)37)17-20-8-12-24(36)13-9-20)23-5-4-16-35(2,19-23)18-21-6-10-22(31)11-7-21/h6-15,23,25H,3-5,16-19H2,1-2H3,(H3-,32,33,36,37,38,39)/p+1/t23-,25+,35?/m1/s1. The van der Waals surface area contributed by atoms with E-state index in [0.29, 0.717) is 32.3 Å². The first-order valence-corrected chi connectivity index (χ1v) is 14.8. The Hall–Kier alpha value is -3.60. The lowest BCUT2D eigenvalue weighted by Gasteiger charge is -2.46. The van der Waals surface area contributed by atoms with Crippen molar-refractivity contribution in [1.29, 1.82) is 0 Å². The molecule has 0 saturated carbocycles. The van der Waals surface area contributed by atoms with Gasteiger partial charge in [0.05, 0.1) is 37.8 Å². The lowest BCUT2D eigenvalue weighted by molar-refractivity contribution is -0.928. The Labute approximate surface area is 249 Å². The van der Waals surface area contributed by atoms with Gasteiger partial charge in [-0.3, -0.25) is 10.1 Å². The molecule has 3 atom stereocenters. The topological polar surface area (TPSA) is 122 Å². The Morgan fingerprint density at radius 3 is 2.46 bits per heavy atom. The number of ether oxygens (including phenoxy) is 1. The number of likely N-dealkylation sites (N-methyl/N-ethyl adjacent to an activating group) is 1. The van der Waals surface area contributed by atoms with Crippen molar-refractivity contribution in [2.45, 2.75) is 44.8 Å². The van der Waals surface area contributed by atoms with Crippen molar-refractivity contribution in [1.82, 2.24) is 4.90 Å². The highest BCUT2D eigenvalue weighted by Crippen LogP contribution is 2.29. The number of phenolic OH excluding ortho intramolecular Hbond substituents is 1. The molecule has 41 heavy (non-hydrogen) atoms. The lowest BCUT2D eigenvalue weighted by atomic mass is 9.96. The van der Waals surface area contributed by atoms with Crippen LogP contribution in [0.4, 0.5) is 9.80 Å². The van der Waals surface area contributed by atoms with Gasteiger partial charge in [-0.05, 0) is 61.7 Å². The number of aromatic hydroxyl groups is 1. The maximum absolute atomic E-state index is 13.9. The number of hydrogen-bond acceptors (Lipinski definition) is 6. The van der Waals surface area contributed by atoms with Gasteiger partial charge < -0.3 is 25.0 Å². The number of amides is 3. The Kier molecular flexibility index (Phi) is 9.90. The van der Waals surface area contributed by atoms with Gasteiger partial charge in [-0.25, -0.2) is 9.59 Å². The number of likely N-dealkylation sites (tertiary alicyclic amines) is 1. The second kappa shape index (κ2) is 13.4. The summed E-state index contributed by atoms with van der Waals surface area (Å²) in [6.45, 7) is 4.26. The molecule has 0 spiro atoms. The van der Waals surface area contributed by atoms with Gasteiger partial charge in [0.1, 0.15) is 23.2 Å². The predicted octanol–water partition coefficient (Wildman–Crippen LogP) is 5.02. The molecule has 11 heteroatoms. The SMILES string of the molecule is CCOC(=O)c1ccc(NC(=O)N([C@@H]2CCC[N+](C)(Cc3ccc(Cl)cc3)C2)[C@@H](Cc2ccc(O)cc2)C(N)=O)s1. The molecule has 1 unspecified atom stereocenters. The van der Waals surface area contributed by atoms with Crippen molar-refractivity contribution in [3.05, 3.63) is 81.7 Å². The maximum atomic E-state index is 13.9. The monoisotopic (exact) mass is 599 g/mol. The fraction of sp³-hybridized carbons (Fsp3) is 0.367. The van der Waals surface area contributed by atoms with E-state index in [1.54, 1.807) is 48.2 Å². The minimum Gasteiger partial charge on any atom is -0.508 e. The number of piperidine rings is 1. The van der Waals surface area contributed by atoms with Gasteiger partial charge in [0.15, 0.2) is 0 Å². The molecule has 1 aromatic heterocycles.